The SMILES string of the molecule is Nc1ccc(C(=O)Nc2ccccn2)c(Cl)c1. The Kier molecular flexibility index (Phi) is 3.25. The van der Waals surface area contributed by atoms with E-state index in [1.54, 1.807) is 36.5 Å². The molecule has 17 heavy (non-hydrogen) atoms. The second-order valence-electron chi connectivity index (χ2n) is 3.41. The van der Waals surface area contributed by atoms with Gasteiger partial charge in [0.25, 0.3) is 5.91 Å². The zero-order chi connectivity index (χ0) is 12.3. The van der Waals surface area contributed by atoms with Gasteiger partial charge in [-0.15, -0.1) is 0 Å². The Morgan fingerprint density at radius 1 is 1.29 bits per heavy atom. The third-order valence-electron chi connectivity index (χ3n) is 2.14. The van der Waals surface area contributed by atoms with Gasteiger partial charge in [-0.3, -0.25) is 4.79 Å². The number of anilines is 2. The number of nitrogens with zero attached hydrogens (tertiary/aromatic N) is 1. The van der Waals surface area contributed by atoms with E-state index in [-0.39, 0.29) is 5.91 Å². The number of pyridine rings is 1. The number of nitrogens with one attached hydrogen (secondary N) is 1. The molecule has 1 aromatic heterocycles. The molecule has 0 unspecified atom stereocenters. The van der Waals surface area contributed by atoms with Gasteiger partial charge in [-0.2, -0.15) is 0 Å². The standard InChI is InChI=1S/C12H10ClN3O/c13-10-7-8(14)4-5-9(10)12(17)16-11-3-1-2-6-15-11/h1-7H,14H2,(H,15,16,17). The molecule has 1 aromatic carbocycles. The zero-order valence-electron chi connectivity index (χ0n) is 8.85. The van der Waals surface area contributed by atoms with Crippen molar-refractivity contribution in [3.8, 4) is 0 Å². The van der Waals surface area contributed by atoms with Crippen LogP contribution in [0.15, 0.2) is 42.6 Å². The Balaban J connectivity index is 2.21. The molecule has 3 N–H and O–H groups in total. The highest BCUT2D eigenvalue weighted by Gasteiger charge is 2.10. The number of carbonyl (C=O) groups is 1. The van der Waals surface area contributed by atoms with Gasteiger partial charge in [-0.1, -0.05) is 17.7 Å². The topological polar surface area (TPSA) is 68.0 Å². The van der Waals surface area contributed by atoms with E-state index in [0.717, 1.165) is 0 Å². The monoisotopic (exact) mass is 247 g/mol. The second-order valence-corrected chi connectivity index (χ2v) is 3.82. The van der Waals surface area contributed by atoms with Crippen molar-refractivity contribution in [2.24, 2.45) is 0 Å². The fourth-order valence-electron chi connectivity index (χ4n) is 1.34. The van der Waals surface area contributed by atoms with Crippen molar-refractivity contribution in [3.63, 3.8) is 0 Å². The van der Waals surface area contributed by atoms with Crippen molar-refractivity contribution in [2.75, 3.05) is 11.1 Å². The van der Waals surface area contributed by atoms with E-state index in [4.69, 9.17) is 17.3 Å². The maximum Gasteiger partial charge on any atom is 0.258 e. The molecule has 0 saturated heterocycles. The number of amides is 1. The molecule has 1 heterocycles. The van der Waals surface area contributed by atoms with Gasteiger partial charge in [0.05, 0.1) is 10.6 Å². The highest BCUT2D eigenvalue weighted by molar-refractivity contribution is 6.34. The summed E-state index contributed by atoms with van der Waals surface area (Å²) in [7, 11) is 0. The number of nitrogens with two attached hydrogens (primary N) is 1. The molecule has 0 atom stereocenters. The minimum atomic E-state index is -0.311. The van der Waals surface area contributed by atoms with Crippen LogP contribution < -0.4 is 11.1 Å². The molecular weight excluding hydrogens is 238 g/mol. The van der Waals surface area contributed by atoms with Crippen molar-refractivity contribution in [3.05, 3.63) is 53.2 Å². The summed E-state index contributed by atoms with van der Waals surface area (Å²) in [4.78, 5) is 15.9. The Morgan fingerprint density at radius 3 is 2.76 bits per heavy atom. The molecule has 2 rings (SSSR count). The van der Waals surface area contributed by atoms with E-state index < -0.39 is 0 Å². The van der Waals surface area contributed by atoms with E-state index in [9.17, 15) is 4.79 Å². The molecule has 0 aliphatic heterocycles. The van der Waals surface area contributed by atoms with Crippen molar-refractivity contribution in [1.82, 2.24) is 4.98 Å². The molecule has 2 aromatic rings. The van der Waals surface area contributed by atoms with E-state index >= 15 is 0 Å². The van der Waals surface area contributed by atoms with E-state index in [1.165, 1.54) is 6.07 Å². The van der Waals surface area contributed by atoms with Crippen LogP contribution in [0.3, 0.4) is 0 Å². The molecule has 0 bridgehead atoms. The first-order valence-corrected chi connectivity index (χ1v) is 5.32. The van der Waals surface area contributed by atoms with Crippen LogP contribution in [-0.2, 0) is 0 Å². The first kappa shape index (κ1) is 11.4. The van der Waals surface area contributed by atoms with Gasteiger partial charge in [-0.25, -0.2) is 4.98 Å². The number of halogens is 1. The molecule has 86 valence electrons. The van der Waals surface area contributed by atoms with E-state index in [1.807, 2.05) is 0 Å². The molecular formula is C12H10ClN3O. The maximum atomic E-state index is 11.9. The summed E-state index contributed by atoms with van der Waals surface area (Å²) in [5.41, 5.74) is 6.44. The molecule has 0 radical (unpaired) electrons. The Hall–Kier alpha value is -2.07. The fourth-order valence-corrected chi connectivity index (χ4v) is 1.61. The molecule has 0 aliphatic rings. The molecule has 5 heteroatoms. The third-order valence-corrected chi connectivity index (χ3v) is 2.46. The minimum absolute atomic E-state index is 0.311. The first-order valence-electron chi connectivity index (χ1n) is 4.94. The van der Waals surface area contributed by atoms with Gasteiger partial charge in [0.2, 0.25) is 0 Å². The smallest absolute Gasteiger partial charge is 0.258 e. The summed E-state index contributed by atoms with van der Waals surface area (Å²) in [6, 6.07) is 9.99. The quantitative estimate of drug-likeness (QED) is 0.802. The average Bonchev–Trinajstić information content (AvgIpc) is 2.30. The number of hydrogen-bond donors (Lipinski definition) is 2. The summed E-state index contributed by atoms with van der Waals surface area (Å²) in [6.07, 6.45) is 1.60. The van der Waals surface area contributed by atoms with Crippen LogP contribution in [0.25, 0.3) is 0 Å². The normalized spacial score (nSPS) is 9.94. The van der Waals surface area contributed by atoms with Crippen LogP contribution in [0.4, 0.5) is 11.5 Å². The summed E-state index contributed by atoms with van der Waals surface area (Å²) < 4.78 is 0. The number of carbonyl (C=O) groups excluding carboxylic acids is 1. The molecule has 0 saturated carbocycles. The highest BCUT2D eigenvalue weighted by atomic mass is 35.5. The predicted molar refractivity (Wildman–Crippen MR) is 68.1 cm³/mol. The second kappa shape index (κ2) is 4.84. The summed E-state index contributed by atoms with van der Waals surface area (Å²) in [5, 5.41) is 2.96. The summed E-state index contributed by atoms with van der Waals surface area (Å²) >= 11 is 5.93. The number of benzene rings is 1. The molecule has 1 amide bonds. The fraction of sp³-hybridized carbons (Fsp3) is 0. The maximum absolute atomic E-state index is 11.9. The van der Waals surface area contributed by atoms with Crippen molar-refractivity contribution >= 4 is 29.0 Å². The predicted octanol–water partition coefficient (Wildman–Crippen LogP) is 2.57. The zero-order valence-corrected chi connectivity index (χ0v) is 9.61. The molecule has 0 aliphatic carbocycles. The molecule has 4 nitrogen and oxygen atoms in total. The number of rotatable bonds is 2. The average molecular weight is 248 g/mol. The first-order chi connectivity index (χ1) is 8.16. The lowest BCUT2D eigenvalue weighted by atomic mass is 10.2. The van der Waals surface area contributed by atoms with Crippen LogP contribution in [0.5, 0.6) is 0 Å². The Bertz CT molecular complexity index is 543. The van der Waals surface area contributed by atoms with Gasteiger partial charge in [0.15, 0.2) is 0 Å². The minimum Gasteiger partial charge on any atom is -0.399 e. The van der Waals surface area contributed by atoms with Gasteiger partial charge in [-0.05, 0) is 30.3 Å². The van der Waals surface area contributed by atoms with Gasteiger partial charge in [0.1, 0.15) is 5.82 Å². The largest absolute Gasteiger partial charge is 0.399 e. The Morgan fingerprint density at radius 2 is 2.12 bits per heavy atom. The van der Waals surface area contributed by atoms with Crippen LogP contribution in [-0.4, -0.2) is 10.9 Å². The van der Waals surface area contributed by atoms with Gasteiger partial charge >= 0.3 is 0 Å². The van der Waals surface area contributed by atoms with E-state index in [0.29, 0.717) is 22.1 Å². The molecule has 0 fully saturated rings. The van der Waals surface area contributed by atoms with Gasteiger partial charge < -0.3 is 11.1 Å². The number of hydrogen-bond acceptors (Lipinski definition) is 3. The van der Waals surface area contributed by atoms with Crippen LogP contribution in [0.1, 0.15) is 10.4 Å². The van der Waals surface area contributed by atoms with Gasteiger partial charge in [0, 0.05) is 11.9 Å². The summed E-state index contributed by atoms with van der Waals surface area (Å²) in [6.45, 7) is 0. The lowest BCUT2D eigenvalue weighted by Crippen LogP contribution is -2.13. The van der Waals surface area contributed by atoms with Crippen LogP contribution in [0.2, 0.25) is 5.02 Å². The third kappa shape index (κ3) is 2.73. The number of nitrogen functional groups attached to an aromatic ring is 1. The lowest BCUT2D eigenvalue weighted by Gasteiger charge is -2.06. The van der Waals surface area contributed by atoms with E-state index in [2.05, 4.69) is 10.3 Å². The van der Waals surface area contributed by atoms with Crippen molar-refractivity contribution in [1.29, 1.82) is 0 Å². The Labute approximate surface area is 103 Å². The summed E-state index contributed by atoms with van der Waals surface area (Å²) in [5.74, 6) is 0.166. The van der Waals surface area contributed by atoms with Crippen molar-refractivity contribution < 1.29 is 4.79 Å². The molecule has 0 spiro atoms. The van der Waals surface area contributed by atoms with Crippen LogP contribution in [0, 0.1) is 0 Å². The van der Waals surface area contributed by atoms with Crippen molar-refractivity contribution in [2.45, 2.75) is 0 Å². The van der Waals surface area contributed by atoms with Crippen LogP contribution >= 0.6 is 11.6 Å². The highest BCUT2D eigenvalue weighted by Crippen LogP contribution is 2.20. The number of aromatic nitrogens is 1. The lowest BCUT2D eigenvalue weighted by molar-refractivity contribution is 0.102.